The molecule has 19 heavy (non-hydrogen) atoms. The number of nitrogens with one attached hydrogen (secondary N) is 1. The highest BCUT2D eigenvalue weighted by Crippen LogP contribution is 2.26. The zero-order chi connectivity index (χ0) is 12.8. The van der Waals surface area contributed by atoms with Crippen molar-refractivity contribution in [1.82, 2.24) is 10.2 Å². The molecule has 0 radical (unpaired) electrons. The van der Waals surface area contributed by atoms with E-state index in [1.165, 1.54) is 58.2 Å². The van der Waals surface area contributed by atoms with Crippen LogP contribution in [0, 0.1) is 5.92 Å². The Morgan fingerprint density at radius 2 is 1.79 bits per heavy atom. The summed E-state index contributed by atoms with van der Waals surface area (Å²) in [5.41, 5.74) is 0. The van der Waals surface area contributed by atoms with Gasteiger partial charge in [0.2, 0.25) is 0 Å². The van der Waals surface area contributed by atoms with Crippen molar-refractivity contribution in [2.75, 3.05) is 26.2 Å². The van der Waals surface area contributed by atoms with Crippen LogP contribution < -0.4 is 5.32 Å². The number of likely N-dealkylation sites (tertiary alicyclic amines) is 1. The van der Waals surface area contributed by atoms with Crippen molar-refractivity contribution >= 4 is 18.4 Å². The van der Waals surface area contributed by atoms with E-state index in [0.29, 0.717) is 12.6 Å². The van der Waals surface area contributed by atoms with Gasteiger partial charge in [0.25, 0.3) is 0 Å². The van der Waals surface area contributed by atoms with Gasteiger partial charge in [-0.3, -0.25) is 4.79 Å². The predicted molar refractivity (Wildman–Crippen MR) is 78.9 cm³/mol. The molecule has 0 aromatic rings. The third kappa shape index (κ3) is 6.11. The third-order valence-corrected chi connectivity index (χ3v) is 4.35. The number of hydrogen-bond donors (Lipinski definition) is 2. The fourth-order valence-corrected chi connectivity index (χ4v) is 3.26. The number of hydrogen-bond acceptors (Lipinski definition) is 3. The second-order valence-electron chi connectivity index (χ2n) is 5.82. The standard InChI is InChI=1S/C14H26N2O2.ClH/c17-14(18)5-8-15-13-6-9-16(10-7-13)11-12-3-1-2-4-12;/h12-13,15H,1-11H2,(H,17,18);1H. The van der Waals surface area contributed by atoms with E-state index >= 15 is 0 Å². The number of carboxylic acids is 1. The molecule has 0 aromatic heterocycles. The van der Waals surface area contributed by atoms with Crippen LogP contribution in [0.2, 0.25) is 0 Å². The molecule has 2 rings (SSSR count). The second-order valence-corrected chi connectivity index (χ2v) is 5.82. The first-order chi connectivity index (χ1) is 8.74. The van der Waals surface area contributed by atoms with Gasteiger partial charge in [-0.2, -0.15) is 0 Å². The van der Waals surface area contributed by atoms with Gasteiger partial charge in [0.15, 0.2) is 0 Å². The molecule has 4 nitrogen and oxygen atoms in total. The summed E-state index contributed by atoms with van der Waals surface area (Å²) in [5.74, 6) is 0.239. The maximum absolute atomic E-state index is 10.4. The van der Waals surface area contributed by atoms with Gasteiger partial charge < -0.3 is 15.3 Å². The van der Waals surface area contributed by atoms with Crippen LogP contribution in [0.1, 0.15) is 44.9 Å². The Balaban J connectivity index is 0.00000180. The molecule has 0 atom stereocenters. The summed E-state index contributed by atoms with van der Waals surface area (Å²) in [6, 6.07) is 0.532. The van der Waals surface area contributed by atoms with Crippen molar-refractivity contribution in [1.29, 1.82) is 0 Å². The quantitative estimate of drug-likeness (QED) is 0.787. The normalized spacial score (nSPS) is 22.3. The lowest BCUT2D eigenvalue weighted by molar-refractivity contribution is -0.136. The summed E-state index contributed by atoms with van der Waals surface area (Å²) in [6.07, 6.45) is 8.30. The highest BCUT2D eigenvalue weighted by molar-refractivity contribution is 5.85. The minimum absolute atomic E-state index is 0. The Hall–Kier alpha value is -0.320. The average molecular weight is 291 g/mol. The molecule has 1 saturated carbocycles. The van der Waals surface area contributed by atoms with Gasteiger partial charge in [-0.25, -0.2) is 0 Å². The molecule has 0 aromatic carbocycles. The molecule has 2 fully saturated rings. The molecule has 1 saturated heterocycles. The first-order valence-corrected chi connectivity index (χ1v) is 7.41. The van der Waals surface area contributed by atoms with Gasteiger partial charge in [0, 0.05) is 19.1 Å². The zero-order valence-electron chi connectivity index (χ0n) is 11.6. The Labute approximate surface area is 122 Å². The minimum Gasteiger partial charge on any atom is -0.481 e. The molecule has 5 heteroatoms. The number of halogens is 1. The predicted octanol–water partition coefficient (Wildman–Crippen LogP) is 2.13. The summed E-state index contributed by atoms with van der Waals surface area (Å²) in [4.78, 5) is 13.0. The highest BCUT2D eigenvalue weighted by atomic mass is 35.5. The molecular weight excluding hydrogens is 264 g/mol. The van der Waals surface area contributed by atoms with Crippen LogP contribution in [-0.4, -0.2) is 48.2 Å². The van der Waals surface area contributed by atoms with Crippen LogP contribution >= 0.6 is 12.4 Å². The number of nitrogens with zero attached hydrogens (tertiary/aromatic N) is 1. The zero-order valence-corrected chi connectivity index (χ0v) is 12.5. The lowest BCUT2D eigenvalue weighted by Gasteiger charge is -2.33. The first kappa shape index (κ1) is 16.7. The van der Waals surface area contributed by atoms with Crippen molar-refractivity contribution < 1.29 is 9.90 Å². The monoisotopic (exact) mass is 290 g/mol. The van der Waals surface area contributed by atoms with E-state index in [0.717, 1.165) is 5.92 Å². The number of carbonyl (C=O) groups is 1. The summed E-state index contributed by atoms with van der Waals surface area (Å²) in [5, 5.41) is 12.0. The van der Waals surface area contributed by atoms with Crippen molar-refractivity contribution in [2.45, 2.75) is 51.0 Å². The van der Waals surface area contributed by atoms with Crippen molar-refractivity contribution in [2.24, 2.45) is 5.92 Å². The van der Waals surface area contributed by atoms with Crippen molar-refractivity contribution in [3.05, 3.63) is 0 Å². The Morgan fingerprint density at radius 1 is 1.16 bits per heavy atom. The smallest absolute Gasteiger partial charge is 0.304 e. The average Bonchev–Trinajstić information content (AvgIpc) is 2.84. The fourth-order valence-electron chi connectivity index (χ4n) is 3.26. The number of carboxylic acid groups (broad SMARTS) is 1. The molecule has 1 aliphatic heterocycles. The fraction of sp³-hybridized carbons (Fsp3) is 0.929. The molecule has 2 N–H and O–H groups in total. The molecule has 2 aliphatic rings. The van der Waals surface area contributed by atoms with Crippen molar-refractivity contribution in [3.8, 4) is 0 Å². The van der Waals surface area contributed by atoms with E-state index in [2.05, 4.69) is 10.2 Å². The molecule has 112 valence electrons. The topological polar surface area (TPSA) is 52.6 Å². The molecule has 0 bridgehead atoms. The van der Waals surface area contributed by atoms with Gasteiger partial charge >= 0.3 is 5.97 Å². The van der Waals surface area contributed by atoms with Gasteiger partial charge in [-0.05, 0) is 44.7 Å². The van der Waals surface area contributed by atoms with Gasteiger partial charge in [0.05, 0.1) is 6.42 Å². The number of aliphatic carboxylic acids is 1. The van der Waals surface area contributed by atoms with Crippen LogP contribution in [0.4, 0.5) is 0 Å². The van der Waals surface area contributed by atoms with E-state index in [1.54, 1.807) is 0 Å². The van der Waals surface area contributed by atoms with Gasteiger partial charge in [-0.1, -0.05) is 12.8 Å². The second kappa shape index (κ2) is 8.77. The van der Waals surface area contributed by atoms with Gasteiger partial charge in [-0.15, -0.1) is 12.4 Å². The number of piperidine rings is 1. The van der Waals surface area contributed by atoms with E-state index < -0.39 is 5.97 Å². The Bertz CT molecular complexity index is 262. The van der Waals surface area contributed by atoms with Gasteiger partial charge in [0.1, 0.15) is 0 Å². The molecule has 0 unspecified atom stereocenters. The van der Waals surface area contributed by atoms with Crippen LogP contribution in [-0.2, 0) is 4.79 Å². The summed E-state index contributed by atoms with van der Waals surface area (Å²) < 4.78 is 0. The molecule has 1 heterocycles. The maximum Gasteiger partial charge on any atom is 0.304 e. The Morgan fingerprint density at radius 3 is 2.37 bits per heavy atom. The number of rotatable bonds is 6. The highest BCUT2D eigenvalue weighted by Gasteiger charge is 2.23. The maximum atomic E-state index is 10.4. The molecular formula is C14H27ClN2O2. The molecule has 1 aliphatic carbocycles. The lowest BCUT2D eigenvalue weighted by atomic mass is 10.0. The van der Waals surface area contributed by atoms with Crippen molar-refractivity contribution in [3.63, 3.8) is 0 Å². The van der Waals surface area contributed by atoms with E-state index in [4.69, 9.17) is 5.11 Å². The Kier molecular flexibility index (Phi) is 7.73. The molecule has 0 amide bonds. The van der Waals surface area contributed by atoms with Crippen LogP contribution in [0.3, 0.4) is 0 Å². The first-order valence-electron chi connectivity index (χ1n) is 7.41. The van der Waals surface area contributed by atoms with Crippen LogP contribution in [0.15, 0.2) is 0 Å². The summed E-state index contributed by atoms with van der Waals surface area (Å²) >= 11 is 0. The van der Waals surface area contributed by atoms with E-state index in [9.17, 15) is 4.79 Å². The SMILES string of the molecule is Cl.O=C(O)CCNC1CCN(CC2CCCC2)CC1. The van der Waals surface area contributed by atoms with E-state index in [-0.39, 0.29) is 18.8 Å². The lowest BCUT2D eigenvalue weighted by Crippen LogP contribution is -2.44. The van der Waals surface area contributed by atoms with Crippen LogP contribution in [0.5, 0.6) is 0 Å². The van der Waals surface area contributed by atoms with Crippen LogP contribution in [0.25, 0.3) is 0 Å². The largest absolute Gasteiger partial charge is 0.481 e. The molecule has 0 spiro atoms. The summed E-state index contributed by atoms with van der Waals surface area (Å²) in [7, 11) is 0. The minimum atomic E-state index is -0.707. The van der Waals surface area contributed by atoms with E-state index in [1.807, 2.05) is 0 Å². The third-order valence-electron chi connectivity index (χ3n) is 4.35. The summed E-state index contributed by atoms with van der Waals surface area (Å²) in [6.45, 7) is 4.27.